The Hall–Kier alpha value is -1.31. The highest BCUT2D eigenvalue weighted by atomic mass is 35.5. The van der Waals surface area contributed by atoms with Crippen LogP contribution in [0.1, 0.15) is 20.8 Å². The Kier molecular flexibility index (Phi) is 4.22. The lowest BCUT2D eigenvalue weighted by molar-refractivity contribution is -0.126. The lowest BCUT2D eigenvalue weighted by atomic mass is 9.96. The number of nitrogens with one attached hydrogen (secondary N) is 2. The first kappa shape index (κ1) is 15.1. The second kappa shape index (κ2) is 5.59. The van der Waals surface area contributed by atoms with Gasteiger partial charge in [0.05, 0.1) is 22.4 Å². The second-order valence-electron chi connectivity index (χ2n) is 5.21. The number of carbonyl (C=O) groups excluding carboxylic acids is 1. The molecule has 2 N–H and O–H groups in total. The fourth-order valence-electron chi connectivity index (χ4n) is 1.38. The standard InChI is InChI=1S/C12H13ClN4OS2/c1-12(2,3)10(18)15-11(19)14-8-6(13)4-5-7-9(8)17-20-16-7/h4-5H,1-3H3,(H2,14,15,18,19). The Morgan fingerprint density at radius 3 is 2.70 bits per heavy atom. The first-order valence-corrected chi connectivity index (χ1v) is 7.34. The van der Waals surface area contributed by atoms with Crippen LogP contribution in [-0.4, -0.2) is 19.8 Å². The zero-order valence-corrected chi connectivity index (χ0v) is 13.5. The van der Waals surface area contributed by atoms with Crippen molar-refractivity contribution in [1.29, 1.82) is 0 Å². The summed E-state index contributed by atoms with van der Waals surface area (Å²) < 4.78 is 8.30. The van der Waals surface area contributed by atoms with Gasteiger partial charge in [-0.05, 0) is 24.4 Å². The molecule has 0 saturated carbocycles. The second-order valence-corrected chi connectivity index (χ2v) is 6.56. The summed E-state index contributed by atoms with van der Waals surface area (Å²) in [5, 5.41) is 6.20. The predicted octanol–water partition coefficient (Wildman–Crippen LogP) is 3.20. The first-order valence-electron chi connectivity index (χ1n) is 5.82. The van der Waals surface area contributed by atoms with E-state index in [1.165, 1.54) is 0 Å². The van der Waals surface area contributed by atoms with Gasteiger partial charge < -0.3 is 10.6 Å². The van der Waals surface area contributed by atoms with Crippen LogP contribution in [0.4, 0.5) is 5.69 Å². The minimum Gasteiger partial charge on any atom is -0.329 e. The van der Waals surface area contributed by atoms with E-state index in [-0.39, 0.29) is 11.0 Å². The van der Waals surface area contributed by atoms with E-state index < -0.39 is 5.41 Å². The molecular formula is C12H13ClN4OS2. The molecule has 0 bridgehead atoms. The molecule has 1 aromatic heterocycles. The number of thiocarbonyl (C=S) groups is 1. The molecule has 0 spiro atoms. The maximum Gasteiger partial charge on any atom is 0.231 e. The highest BCUT2D eigenvalue weighted by Gasteiger charge is 2.22. The van der Waals surface area contributed by atoms with Crippen molar-refractivity contribution in [3.05, 3.63) is 17.2 Å². The number of fused-ring (bicyclic) bond motifs is 1. The van der Waals surface area contributed by atoms with Crippen molar-refractivity contribution in [2.24, 2.45) is 5.41 Å². The molecule has 106 valence electrons. The topological polar surface area (TPSA) is 66.9 Å². The minimum atomic E-state index is -0.524. The molecule has 0 saturated heterocycles. The normalized spacial score (nSPS) is 11.4. The molecule has 2 rings (SSSR count). The van der Waals surface area contributed by atoms with Crippen LogP contribution in [0.2, 0.25) is 5.02 Å². The van der Waals surface area contributed by atoms with Gasteiger partial charge in [0.25, 0.3) is 0 Å². The van der Waals surface area contributed by atoms with Gasteiger partial charge in [-0.3, -0.25) is 4.79 Å². The van der Waals surface area contributed by atoms with E-state index in [0.29, 0.717) is 16.2 Å². The largest absolute Gasteiger partial charge is 0.329 e. The molecule has 0 fully saturated rings. The van der Waals surface area contributed by atoms with Gasteiger partial charge in [-0.2, -0.15) is 8.75 Å². The summed E-state index contributed by atoms with van der Waals surface area (Å²) in [6.07, 6.45) is 0. The molecule has 0 radical (unpaired) electrons. The number of hydrogen-bond donors (Lipinski definition) is 2. The summed E-state index contributed by atoms with van der Waals surface area (Å²) >= 11 is 12.4. The maximum absolute atomic E-state index is 11.9. The van der Waals surface area contributed by atoms with Gasteiger partial charge >= 0.3 is 0 Å². The Morgan fingerprint density at radius 1 is 1.35 bits per heavy atom. The number of hydrogen-bond acceptors (Lipinski definition) is 5. The van der Waals surface area contributed by atoms with Gasteiger partial charge in [-0.1, -0.05) is 32.4 Å². The Morgan fingerprint density at radius 2 is 2.05 bits per heavy atom. The molecule has 0 aliphatic heterocycles. The smallest absolute Gasteiger partial charge is 0.231 e. The molecule has 0 aliphatic rings. The van der Waals surface area contributed by atoms with Crippen molar-refractivity contribution >= 4 is 63.3 Å². The van der Waals surface area contributed by atoms with E-state index in [2.05, 4.69) is 19.4 Å². The van der Waals surface area contributed by atoms with Crippen LogP contribution in [0.3, 0.4) is 0 Å². The third-order valence-electron chi connectivity index (χ3n) is 2.52. The van der Waals surface area contributed by atoms with Crippen molar-refractivity contribution in [1.82, 2.24) is 14.1 Å². The van der Waals surface area contributed by atoms with Crippen molar-refractivity contribution in [3.63, 3.8) is 0 Å². The number of amides is 1. The summed E-state index contributed by atoms with van der Waals surface area (Å²) in [6.45, 7) is 5.43. The van der Waals surface area contributed by atoms with E-state index >= 15 is 0 Å². The van der Waals surface area contributed by atoms with Gasteiger partial charge in [-0.25, -0.2) is 0 Å². The van der Waals surface area contributed by atoms with Crippen LogP contribution < -0.4 is 10.6 Å². The molecule has 0 unspecified atom stereocenters. The molecule has 20 heavy (non-hydrogen) atoms. The van der Waals surface area contributed by atoms with Gasteiger partial charge in [0.15, 0.2) is 5.11 Å². The van der Waals surface area contributed by atoms with Crippen LogP contribution >= 0.6 is 35.5 Å². The van der Waals surface area contributed by atoms with Gasteiger partial charge in [0.2, 0.25) is 5.91 Å². The molecular weight excluding hydrogens is 316 g/mol. The number of benzene rings is 1. The predicted molar refractivity (Wildman–Crippen MR) is 86.2 cm³/mol. The summed E-state index contributed by atoms with van der Waals surface area (Å²) in [4.78, 5) is 11.9. The molecule has 8 heteroatoms. The maximum atomic E-state index is 11.9. The number of aromatic nitrogens is 2. The number of carbonyl (C=O) groups is 1. The highest BCUT2D eigenvalue weighted by Crippen LogP contribution is 2.29. The number of rotatable bonds is 1. The third-order valence-corrected chi connectivity index (χ3v) is 3.59. The van der Waals surface area contributed by atoms with E-state index in [1.54, 1.807) is 12.1 Å². The van der Waals surface area contributed by atoms with Crippen LogP contribution in [0.5, 0.6) is 0 Å². The lowest BCUT2D eigenvalue weighted by Crippen LogP contribution is -2.41. The summed E-state index contributed by atoms with van der Waals surface area (Å²) in [7, 11) is 0. The molecule has 1 heterocycles. The molecule has 5 nitrogen and oxygen atoms in total. The van der Waals surface area contributed by atoms with Gasteiger partial charge in [0, 0.05) is 5.41 Å². The molecule has 1 amide bonds. The molecule has 2 aromatic rings. The number of anilines is 1. The zero-order valence-electron chi connectivity index (χ0n) is 11.2. The molecule has 0 aliphatic carbocycles. The average molecular weight is 329 g/mol. The lowest BCUT2D eigenvalue weighted by Gasteiger charge is -2.18. The van der Waals surface area contributed by atoms with E-state index in [4.69, 9.17) is 23.8 Å². The van der Waals surface area contributed by atoms with E-state index in [1.807, 2.05) is 20.8 Å². The average Bonchev–Trinajstić information content (AvgIpc) is 2.80. The minimum absolute atomic E-state index is 0.172. The van der Waals surface area contributed by atoms with Crippen LogP contribution in [0.25, 0.3) is 11.0 Å². The quantitative estimate of drug-likeness (QED) is 0.787. The Labute approximate surface area is 131 Å². The van der Waals surface area contributed by atoms with Crippen LogP contribution in [0.15, 0.2) is 12.1 Å². The van der Waals surface area contributed by atoms with Crippen molar-refractivity contribution in [2.75, 3.05) is 5.32 Å². The van der Waals surface area contributed by atoms with Crippen molar-refractivity contribution < 1.29 is 4.79 Å². The number of halogens is 1. The SMILES string of the molecule is CC(C)(C)C(=O)NC(=S)Nc1c(Cl)ccc2nsnc12. The molecule has 1 aromatic carbocycles. The fraction of sp³-hybridized carbons (Fsp3) is 0.333. The van der Waals surface area contributed by atoms with Crippen LogP contribution in [-0.2, 0) is 4.79 Å². The van der Waals surface area contributed by atoms with Crippen molar-refractivity contribution in [3.8, 4) is 0 Å². The van der Waals surface area contributed by atoms with Gasteiger partial charge in [-0.15, -0.1) is 0 Å². The third kappa shape index (κ3) is 3.23. The first-order chi connectivity index (χ1) is 9.29. The Bertz CT molecular complexity index is 678. The van der Waals surface area contributed by atoms with Crippen LogP contribution in [0, 0.1) is 5.41 Å². The summed E-state index contributed by atoms with van der Waals surface area (Å²) in [5.41, 5.74) is 1.39. The summed E-state index contributed by atoms with van der Waals surface area (Å²) in [6, 6.07) is 3.49. The monoisotopic (exact) mass is 328 g/mol. The zero-order chi connectivity index (χ0) is 14.9. The highest BCUT2D eigenvalue weighted by molar-refractivity contribution is 7.80. The van der Waals surface area contributed by atoms with E-state index in [0.717, 1.165) is 17.2 Å². The number of nitrogens with zero attached hydrogens (tertiary/aromatic N) is 2. The van der Waals surface area contributed by atoms with Crippen molar-refractivity contribution in [2.45, 2.75) is 20.8 Å². The van der Waals surface area contributed by atoms with E-state index in [9.17, 15) is 4.79 Å². The fourth-order valence-corrected chi connectivity index (χ4v) is 2.32. The molecule has 0 atom stereocenters. The van der Waals surface area contributed by atoms with Gasteiger partial charge in [0.1, 0.15) is 11.0 Å². The Balaban J connectivity index is 2.20. The summed E-state index contributed by atoms with van der Waals surface area (Å²) in [5.74, 6) is -0.172.